The molecule has 16 heavy (non-hydrogen) atoms. The molecular formula is C12H15BrFNO. The molecule has 1 aliphatic carbocycles. The van der Waals surface area contributed by atoms with Gasteiger partial charge in [-0.3, -0.25) is 0 Å². The highest BCUT2D eigenvalue weighted by molar-refractivity contribution is 9.10. The molecule has 0 aliphatic heterocycles. The molecule has 0 spiro atoms. The van der Waals surface area contributed by atoms with E-state index in [-0.39, 0.29) is 17.0 Å². The van der Waals surface area contributed by atoms with Gasteiger partial charge in [-0.25, -0.2) is 4.39 Å². The molecule has 0 radical (unpaired) electrons. The van der Waals surface area contributed by atoms with Gasteiger partial charge in [0.1, 0.15) is 11.6 Å². The first-order valence-electron chi connectivity index (χ1n) is 5.40. The third-order valence-corrected chi connectivity index (χ3v) is 4.29. The number of benzene rings is 1. The van der Waals surface area contributed by atoms with Gasteiger partial charge in [0.15, 0.2) is 0 Å². The zero-order chi connectivity index (χ0) is 11.9. The van der Waals surface area contributed by atoms with Crippen molar-refractivity contribution in [1.29, 1.82) is 0 Å². The Labute approximate surface area is 103 Å². The first kappa shape index (κ1) is 11.9. The lowest BCUT2D eigenvalue weighted by molar-refractivity contribution is 0.242. The minimum atomic E-state index is -0.292. The molecule has 0 unspecified atom stereocenters. The number of nitrogens with two attached hydrogens (primary N) is 1. The van der Waals surface area contributed by atoms with Crippen LogP contribution in [0.2, 0.25) is 0 Å². The summed E-state index contributed by atoms with van der Waals surface area (Å²) in [4.78, 5) is 0. The molecular weight excluding hydrogens is 273 g/mol. The molecule has 1 aromatic carbocycles. The number of hydrogen-bond acceptors (Lipinski definition) is 2. The highest BCUT2D eigenvalue weighted by Crippen LogP contribution is 2.49. The second-order valence-electron chi connectivity index (χ2n) is 4.53. The second-order valence-corrected chi connectivity index (χ2v) is 5.38. The van der Waals surface area contributed by atoms with Crippen LogP contribution < -0.4 is 5.73 Å². The summed E-state index contributed by atoms with van der Waals surface area (Å²) in [5.74, 6) is -0.150. The van der Waals surface area contributed by atoms with E-state index < -0.39 is 0 Å². The third-order valence-electron chi connectivity index (χ3n) is 3.68. The van der Waals surface area contributed by atoms with Gasteiger partial charge in [0.2, 0.25) is 0 Å². The SMILES string of the molecule is Cc1c(F)cc(Br)c(O)c1C1(CN)CCC1. The van der Waals surface area contributed by atoms with E-state index in [1.807, 2.05) is 0 Å². The second kappa shape index (κ2) is 4.00. The summed E-state index contributed by atoms with van der Waals surface area (Å²) in [7, 11) is 0. The van der Waals surface area contributed by atoms with Gasteiger partial charge in [-0.2, -0.15) is 0 Å². The molecule has 1 saturated carbocycles. The van der Waals surface area contributed by atoms with Crippen molar-refractivity contribution in [2.45, 2.75) is 31.6 Å². The Bertz CT molecular complexity index is 398. The Morgan fingerprint density at radius 2 is 2.19 bits per heavy atom. The van der Waals surface area contributed by atoms with Crippen LogP contribution >= 0.6 is 15.9 Å². The molecule has 0 amide bonds. The predicted octanol–water partition coefficient (Wildman–Crippen LogP) is 2.98. The van der Waals surface area contributed by atoms with Crippen molar-refractivity contribution in [1.82, 2.24) is 0 Å². The van der Waals surface area contributed by atoms with E-state index in [0.717, 1.165) is 19.3 Å². The van der Waals surface area contributed by atoms with Gasteiger partial charge < -0.3 is 10.8 Å². The maximum Gasteiger partial charge on any atom is 0.134 e. The lowest BCUT2D eigenvalue weighted by Crippen LogP contribution is -2.42. The van der Waals surface area contributed by atoms with Crippen LogP contribution in [0.25, 0.3) is 0 Å². The molecule has 4 heteroatoms. The summed E-state index contributed by atoms with van der Waals surface area (Å²) >= 11 is 3.18. The molecule has 0 saturated heterocycles. The van der Waals surface area contributed by atoms with Gasteiger partial charge in [0, 0.05) is 17.5 Å². The topological polar surface area (TPSA) is 46.2 Å². The van der Waals surface area contributed by atoms with E-state index in [4.69, 9.17) is 5.73 Å². The number of rotatable bonds is 2. The van der Waals surface area contributed by atoms with Crippen LogP contribution in [0.1, 0.15) is 30.4 Å². The summed E-state index contributed by atoms with van der Waals surface area (Å²) < 4.78 is 14.1. The largest absolute Gasteiger partial charge is 0.506 e. The van der Waals surface area contributed by atoms with Crippen LogP contribution in [0.4, 0.5) is 4.39 Å². The first-order chi connectivity index (χ1) is 7.52. The minimum Gasteiger partial charge on any atom is -0.506 e. The fourth-order valence-electron chi connectivity index (χ4n) is 2.51. The average Bonchev–Trinajstić information content (AvgIpc) is 2.19. The van der Waals surface area contributed by atoms with Crippen LogP contribution in [0.5, 0.6) is 5.75 Å². The first-order valence-corrected chi connectivity index (χ1v) is 6.19. The van der Waals surface area contributed by atoms with Crippen LogP contribution in [-0.2, 0) is 5.41 Å². The van der Waals surface area contributed by atoms with Gasteiger partial charge in [-0.05, 0) is 47.3 Å². The van der Waals surface area contributed by atoms with Crippen LogP contribution in [-0.4, -0.2) is 11.7 Å². The van der Waals surface area contributed by atoms with Crippen molar-refractivity contribution < 1.29 is 9.50 Å². The molecule has 1 aromatic rings. The summed E-state index contributed by atoms with van der Waals surface area (Å²) in [6.45, 7) is 2.16. The van der Waals surface area contributed by atoms with Crippen molar-refractivity contribution in [3.8, 4) is 5.75 Å². The quantitative estimate of drug-likeness (QED) is 0.878. The lowest BCUT2D eigenvalue weighted by atomic mass is 9.63. The summed E-state index contributed by atoms with van der Waals surface area (Å²) in [5.41, 5.74) is 6.77. The number of phenols is 1. The third kappa shape index (κ3) is 1.55. The highest BCUT2D eigenvalue weighted by Gasteiger charge is 2.41. The Morgan fingerprint density at radius 1 is 1.56 bits per heavy atom. The van der Waals surface area contributed by atoms with Crippen molar-refractivity contribution in [2.75, 3.05) is 6.54 Å². The number of phenolic OH excluding ortho intramolecular Hbond substituents is 1. The maximum atomic E-state index is 13.7. The molecule has 3 N–H and O–H groups in total. The molecule has 0 bridgehead atoms. The van der Waals surface area contributed by atoms with E-state index in [9.17, 15) is 9.50 Å². The smallest absolute Gasteiger partial charge is 0.134 e. The van der Waals surface area contributed by atoms with Gasteiger partial charge >= 0.3 is 0 Å². The Balaban J connectivity index is 2.63. The monoisotopic (exact) mass is 287 g/mol. The molecule has 0 atom stereocenters. The Hall–Kier alpha value is -0.610. The number of aromatic hydroxyl groups is 1. The van der Waals surface area contributed by atoms with E-state index in [1.54, 1.807) is 6.92 Å². The van der Waals surface area contributed by atoms with Crippen LogP contribution in [0, 0.1) is 12.7 Å². The van der Waals surface area contributed by atoms with Crippen molar-refractivity contribution in [3.63, 3.8) is 0 Å². The summed E-state index contributed by atoms with van der Waals surface area (Å²) in [6.07, 6.45) is 2.94. The molecule has 0 aromatic heterocycles. The van der Waals surface area contributed by atoms with Gasteiger partial charge in [-0.15, -0.1) is 0 Å². The zero-order valence-electron chi connectivity index (χ0n) is 9.19. The predicted molar refractivity (Wildman–Crippen MR) is 65.1 cm³/mol. The van der Waals surface area contributed by atoms with Crippen LogP contribution in [0.3, 0.4) is 0 Å². The molecule has 2 rings (SSSR count). The Kier molecular flexibility index (Phi) is 2.97. The van der Waals surface area contributed by atoms with E-state index in [2.05, 4.69) is 15.9 Å². The van der Waals surface area contributed by atoms with Crippen molar-refractivity contribution in [3.05, 3.63) is 27.5 Å². The van der Waals surface area contributed by atoms with Crippen molar-refractivity contribution in [2.24, 2.45) is 5.73 Å². The Morgan fingerprint density at radius 3 is 2.62 bits per heavy atom. The normalized spacial score (nSPS) is 18.2. The maximum absolute atomic E-state index is 13.7. The lowest BCUT2D eigenvalue weighted by Gasteiger charge is -2.42. The molecule has 2 nitrogen and oxygen atoms in total. The summed E-state index contributed by atoms with van der Waals surface area (Å²) in [6, 6.07) is 1.30. The molecule has 0 heterocycles. The van der Waals surface area contributed by atoms with Gasteiger partial charge in [0.25, 0.3) is 0 Å². The van der Waals surface area contributed by atoms with E-state index in [1.165, 1.54) is 6.07 Å². The summed E-state index contributed by atoms with van der Waals surface area (Å²) in [5, 5.41) is 10.1. The highest BCUT2D eigenvalue weighted by atomic mass is 79.9. The van der Waals surface area contributed by atoms with Crippen LogP contribution in [0.15, 0.2) is 10.5 Å². The molecule has 88 valence electrons. The fraction of sp³-hybridized carbons (Fsp3) is 0.500. The standard InChI is InChI=1S/C12H15BrFNO/c1-7-9(14)5-8(13)11(16)10(7)12(6-15)3-2-4-12/h5,16H,2-4,6,15H2,1H3. The van der Waals surface area contributed by atoms with Gasteiger partial charge in [0.05, 0.1) is 4.47 Å². The van der Waals surface area contributed by atoms with Gasteiger partial charge in [-0.1, -0.05) is 6.42 Å². The fourth-order valence-corrected chi connectivity index (χ4v) is 2.91. The van der Waals surface area contributed by atoms with E-state index >= 15 is 0 Å². The molecule has 1 aliphatic rings. The minimum absolute atomic E-state index is 0.143. The van der Waals surface area contributed by atoms with Crippen molar-refractivity contribution >= 4 is 15.9 Å². The number of hydrogen-bond donors (Lipinski definition) is 2. The van der Waals surface area contributed by atoms with E-state index in [0.29, 0.717) is 22.1 Å². The zero-order valence-corrected chi connectivity index (χ0v) is 10.8. The molecule has 1 fully saturated rings. The number of halogens is 2. The average molecular weight is 288 g/mol.